The molecular weight excluding hydrogens is 200 g/mol. The first kappa shape index (κ1) is 12.3. The fourth-order valence-corrected chi connectivity index (χ4v) is 1.69. The second-order valence-corrected chi connectivity index (χ2v) is 3.25. The molecule has 5 N–H and O–H groups in total. The first-order valence-corrected chi connectivity index (χ1v) is 4.47. The van der Waals surface area contributed by atoms with Crippen LogP contribution in [0.4, 0.5) is 5.00 Å². The zero-order chi connectivity index (χ0) is 11.1. The molecule has 0 saturated heterocycles. The molecule has 5 nitrogen and oxygen atoms in total. The average molecular weight is 212 g/mol. The number of hydrogen-bond acceptors (Lipinski definition) is 5. The molecule has 0 atom stereocenters. The van der Waals surface area contributed by atoms with Gasteiger partial charge in [-0.15, -0.1) is 0 Å². The van der Waals surface area contributed by atoms with E-state index < -0.39 is 0 Å². The molecule has 0 unspecified atom stereocenters. The van der Waals surface area contributed by atoms with Crippen LogP contribution in [-0.2, 0) is 0 Å². The highest BCUT2D eigenvalue weighted by molar-refractivity contribution is 7.18. The van der Waals surface area contributed by atoms with Gasteiger partial charge in [0.05, 0.1) is 19.0 Å². The second kappa shape index (κ2) is 5.83. The summed E-state index contributed by atoms with van der Waals surface area (Å²) in [5.74, 6) is 0. The molecule has 76 valence electrons. The van der Waals surface area contributed by atoms with Gasteiger partial charge in [-0.05, 0) is 6.92 Å². The summed E-state index contributed by atoms with van der Waals surface area (Å²) in [4.78, 5) is 0. The number of nitrogens with zero attached hydrogens (tertiary/aromatic N) is 1. The molecule has 0 spiro atoms. The normalized spacial score (nSPS) is 8.07. The summed E-state index contributed by atoms with van der Waals surface area (Å²) in [5, 5.41) is 15.7. The summed E-state index contributed by atoms with van der Waals surface area (Å²) < 4.78 is 5.00. The Hall–Kier alpha value is -1.74. The smallest absolute Gasteiger partial charge is 0.179 e. The molecule has 0 fully saturated rings. The molecule has 0 aliphatic heterocycles. The first-order chi connectivity index (χ1) is 6.62. The summed E-state index contributed by atoms with van der Waals surface area (Å²) in [6.45, 7) is 1.82. The van der Waals surface area contributed by atoms with Crippen LogP contribution in [0, 0.1) is 23.7 Å². The predicted molar refractivity (Wildman–Crippen MR) is 57.7 cm³/mol. The third-order valence-electron chi connectivity index (χ3n) is 1.43. The van der Waals surface area contributed by atoms with Crippen molar-refractivity contribution in [1.29, 1.82) is 10.7 Å². The van der Waals surface area contributed by atoms with E-state index in [4.69, 9.17) is 21.1 Å². The Labute approximate surface area is 86.4 Å². The molecule has 1 rings (SSSR count). The lowest BCUT2D eigenvalue weighted by atomic mass is 10.2. The number of nitriles is 1. The van der Waals surface area contributed by atoms with E-state index >= 15 is 0 Å². The van der Waals surface area contributed by atoms with Gasteiger partial charge in [-0.3, -0.25) is 5.41 Å². The lowest BCUT2D eigenvalue weighted by Crippen LogP contribution is -1.84. The monoisotopic (exact) mass is 212 g/mol. The highest BCUT2D eigenvalue weighted by Crippen LogP contribution is 2.35. The Bertz CT molecular complexity index is 353. The van der Waals surface area contributed by atoms with E-state index in [-0.39, 0.29) is 0 Å². The van der Waals surface area contributed by atoms with E-state index in [9.17, 15) is 0 Å². The summed E-state index contributed by atoms with van der Waals surface area (Å²) >= 11 is 1.30. The Morgan fingerprint density at radius 2 is 2.14 bits per heavy atom. The minimum atomic E-state index is 0.529. The number of hydrogen-bond donors (Lipinski definition) is 3. The van der Waals surface area contributed by atoms with Crippen LogP contribution in [0.2, 0.25) is 0 Å². The van der Waals surface area contributed by atoms with Gasteiger partial charge in [-0.2, -0.15) is 5.26 Å². The summed E-state index contributed by atoms with van der Waals surface area (Å²) in [6, 6.07) is 2.02. The number of nitrogens with one attached hydrogen (secondary N) is 1. The maximum absolute atomic E-state index is 8.63. The zero-order valence-corrected chi connectivity index (χ0v) is 8.81. The topological polar surface area (TPSA) is 109 Å². The molecule has 0 aromatic carbocycles. The fraction of sp³-hybridized carbons (Fsp3) is 0.250. The van der Waals surface area contributed by atoms with Crippen molar-refractivity contribution < 1.29 is 4.74 Å². The van der Waals surface area contributed by atoms with E-state index in [1.165, 1.54) is 11.3 Å². The van der Waals surface area contributed by atoms with Crippen molar-refractivity contribution in [3.63, 3.8) is 0 Å². The van der Waals surface area contributed by atoms with Crippen molar-refractivity contribution >= 4 is 22.7 Å². The maximum Gasteiger partial charge on any atom is 0.179 e. The van der Waals surface area contributed by atoms with Crippen LogP contribution in [0.15, 0.2) is 0 Å². The van der Waals surface area contributed by atoms with Crippen LogP contribution in [0.5, 0.6) is 5.06 Å². The molecule has 0 aliphatic carbocycles. The van der Waals surface area contributed by atoms with Crippen molar-refractivity contribution in [3.05, 3.63) is 11.1 Å². The van der Waals surface area contributed by atoms with Gasteiger partial charge in [0.25, 0.3) is 0 Å². The van der Waals surface area contributed by atoms with Gasteiger partial charge < -0.3 is 16.2 Å². The minimum Gasteiger partial charge on any atom is -0.487 e. The van der Waals surface area contributed by atoms with Gasteiger partial charge in [0, 0.05) is 5.56 Å². The van der Waals surface area contributed by atoms with Crippen LogP contribution in [0.3, 0.4) is 0 Å². The van der Waals surface area contributed by atoms with Crippen molar-refractivity contribution in [1.82, 2.24) is 0 Å². The SMILES string of the molecule is COc1sc(N)c(C#N)c1C.N=CN. The van der Waals surface area contributed by atoms with Gasteiger partial charge in [0.1, 0.15) is 11.1 Å². The van der Waals surface area contributed by atoms with Gasteiger partial charge in [-0.1, -0.05) is 11.3 Å². The van der Waals surface area contributed by atoms with E-state index in [0.717, 1.165) is 17.0 Å². The molecule has 0 aliphatic rings. The Morgan fingerprint density at radius 3 is 2.36 bits per heavy atom. The number of methoxy groups -OCH3 is 1. The molecule has 0 radical (unpaired) electrons. The largest absolute Gasteiger partial charge is 0.487 e. The molecule has 6 heteroatoms. The van der Waals surface area contributed by atoms with E-state index in [1.807, 2.05) is 13.0 Å². The zero-order valence-electron chi connectivity index (χ0n) is 8.00. The second-order valence-electron chi connectivity index (χ2n) is 2.24. The standard InChI is InChI=1S/C7H8N2OS.CH4N2/c1-4-5(3-8)6(9)11-7(4)10-2;2-1-3/h9H2,1-2H3;1H,(H3,2,3). The van der Waals surface area contributed by atoms with E-state index in [0.29, 0.717) is 10.6 Å². The Balaban J connectivity index is 0.000000500. The number of nitrogen functional groups attached to an aromatic ring is 1. The highest BCUT2D eigenvalue weighted by atomic mass is 32.1. The lowest BCUT2D eigenvalue weighted by Gasteiger charge is -1.93. The van der Waals surface area contributed by atoms with Crippen molar-refractivity contribution in [2.24, 2.45) is 5.73 Å². The molecule has 0 amide bonds. The van der Waals surface area contributed by atoms with Gasteiger partial charge >= 0.3 is 0 Å². The predicted octanol–water partition coefficient (Wildman–Crippen LogP) is 1.07. The molecular formula is C8H12N4OS. The van der Waals surface area contributed by atoms with E-state index in [2.05, 4.69) is 5.73 Å². The fourth-order valence-electron chi connectivity index (χ4n) is 0.848. The third kappa shape index (κ3) is 2.64. The Kier molecular flexibility index (Phi) is 5.10. The van der Waals surface area contributed by atoms with E-state index in [1.54, 1.807) is 7.11 Å². The highest BCUT2D eigenvalue weighted by Gasteiger charge is 2.11. The van der Waals surface area contributed by atoms with Gasteiger partial charge in [0.2, 0.25) is 0 Å². The number of thiophene rings is 1. The van der Waals surface area contributed by atoms with Gasteiger partial charge in [0.15, 0.2) is 5.06 Å². The van der Waals surface area contributed by atoms with Gasteiger partial charge in [-0.25, -0.2) is 0 Å². The van der Waals surface area contributed by atoms with Crippen LogP contribution >= 0.6 is 11.3 Å². The quantitative estimate of drug-likeness (QED) is 0.477. The van der Waals surface area contributed by atoms with Crippen LogP contribution < -0.4 is 16.2 Å². The third-order valence-corrected chi connectivity index (χ3v) is 2.51. The first-order valence-electron chi connectivity index (χ1n) is 3.65. The molecule has 14 heavy (non-hydrogen) atoms. The number of anilines is 1. The van der Waals surface area contributed by atoms with Crippen molar-refractivity contribution in [2.75, 3.05) is 12.8 Å². The summed E-state index contributed by atoms with van der Waals surface area (Å²) in [7, 11) is 1.57. The summed E-state index contributed by atoms with van der Waals surface area (Å²) in [6.07, 6.45) is 0.750. The van der Waals surface area contributed by atoms with Crippen LogP contribution in [0.25, 0.3) is 0 Å². The maximum atomic E-state index is 8.63. The average Bonchev–Trinajstić information content (AvgIpc) is 2.42. The van der Waals surface area contributed by atoms with Crippen LogP contribution in [0.1, 0.15) is 11.1 Å². The molecule has 0 saturated carbocycles. The molecule has 1 aromatic heterocycles. The van der Waals surface area contributed by atoms with Crippen LogP contribution in [-0.4, -0.2) is 13.4 Å². The van der Waals surface area contributed by atoms with Crippen molar-refractivity contribution in [3.8, 4) is 11.1 Å². The van der Waals surface area contributed by atoms with Crippen molar-refractivity contribution in [2.45, 2.75) is 6.92 Å². The number of ether oxygens (including phenoxy) is 1. The lowest BCUT2D eigenvalue weighted by molar-refractivity contribution is 0.424. The molecule has 1 heterocycles. The number of rotatable bonds is 1. The molecule has 0 bridgehead atoms. The number of nitrogens with two attached hydrogens (primary N) is 2. The molecule has 1 aromatic rings. The Morgan fingerprint density at radius 1 is 1.64 bits per heavy atom. The minimum absolute atomic E-state index is 0.529. The summed E-state index contributed by atoms with van der Waals surface area (Å²) in [5.41, 5.74) is 11.3.